The molecule has 0 heterocycles. The number of methoxy groups -OCH3 is 1. The summed E-state index contributed by atoms with van der Waals surface area (Å²) in [6.07, 6.45) is 0.950. The summed E-state index contributed by atoms with van der Waals surface area (Å²) < 4.78 is 10.5. The lowest BCUT2D eigenvalue weighted by Gasteiger charge is -2.09. The second-order valence-corrected chi connectivity index (χ2v) is 5.50. The highest BCUT2D eigenvalue weighted by atomic mass is 16.5. The molecule has 1 amide bonds. The zero-order chi connectivity index (χ0) is 17.2. The fraction of sp³-hybridized carbons (Fsp3) is 0.316. The molecule has 0 aliphatic rings. The number of anilines is 2. The third kappa shape index (κ3) is 6.30. The molecule has 0 saturated carbocycles. The molecule has 5 nitrogen and oxygen atoms in total. The lowest BCUT2D eigenvalue weighted by atomic mass is 10.2. The molecule has 2 rings (SSSR count). The Bertz CT molecular complexity index is 624. The molecule has 2 aromatic rings. The van der Waals surface area contributed by atoms with Gasteiger partial charge in [0.25, 0.3) is 5.91 Å². The van der Waals surface area contributed by atoms with E-state index in [0.717, 1.165) is 36.5 Å². The largest absolute Gasteiger partial charge is 0.484 e. The Morgan fingerprint density at radius 3 is 2.33 bits per heavy atom. The van der Waals surface area contributed by atoms with Crippen LogP contribution >= 0.6 is 0 Å². The molecule has 0 aromatic heterocycles. The van der Waals surface area contributed by atoms with Crippen LogP contribution in [0.4, 0.5) is 11.4 Å². The van der Waals surface area contributed by atoms with E-state index in [1.54, 1.807) is 7.11 Å². The Kier molecular flexibility index (Phi) is 7.11. The highest BCUT2D eigenvalue weighted by molar-refractivity contribution is 5.92. The van der Waals surface area contributed by atoms with E-state index >= 15 is 0 Å². The Hall–Kier alpha value is -2.53. The standard InChI is InChI=1S/C19H24N2O3/c1-15-4-10-18(11-5-15)24-14-19(22)21-17-8-6-16(7-9-17)20-12-3-13-23-2/h4-11,20H,3,12-14H2,1-2H3,(H,21,22). The van der Waals surface area contributed by atoms with Gasteiger partial charge in [0.2, 0.25) is 0 Å². The zero-order valence-electron chi connectivity index (χ0n) is 14.2. The van der Waals surface area contributed by atoms with E-state index in [-0.39, 0.29) is 12.5 Å². The van der Waals surface area contributed by atoms with Crippen LogP contribution in [0, 0.1) is 6.92 Å². The molecule has 2 aromatic carbocycles. The fourth-order valence-corrected chi connectivity index (χ4v) is 2.10. The van der Waals surface area contributed by atoms with Crippen molar-refractivity contribution in [2.45, 2.75) is 13.3 Å². The molecule has 0 bridgehead atoms. The maximum atomic E-state index is 11.9. The molecule has 128 valence electrons. The summed E-state index contributed by atoms with van der Waals surface area (Å²) in [6.45, 7) is 3.58. The van der Waals surface area contributed by atoms with Crippen molar-refractivity contribution in [2.24, 2.45) is 0 Å². The van der Waals surface area contributed by atoms with Crippen LogP contribution in [0.1, 0.15) is 12.0 Å². The summed E-state index contributed by atoms with van der Waals surface area (Å²) in [6, 6.07) is 15.2. The van der Waals surface area contributed by atoms with Crippen LogP contribution in [-0.2, 0) is 9.53 Å². The van der Waals surface area contributed by atoms with E-state index in [1.165, 1.54) is 0 Å². The number of hydrogen-bond acceptors (Lipinski definition) is 4. The van der Waals surface area contributed by atoms with Crippen molar-refractivity contribution < 1.29 is 14.3 Å². The van der Waals surface area contributed by atoms with E-state index in [9.17, 15) is 4.79 Å². The molecule has 2 N–H and O–H groups in total. The predicted octanol–water partition coefficient (Wildman–Crippen LogP) is 3.46. The second-order valence-electron chi connectivity index (χ2n) is 5.50. The first-order valence-electron chi connectivity index (χ1n) is 7.99. The van der Waals surface area contributed by atoms with E-state index in [4.69, 9.17) is 9.47 Å². The first-order chi connectivity index (χ1) is 11.7. The molecule has 0 spiro atoms. The van der Waals surface area contributed by atoms with Crippen LogP contribution in [0.2, 0.25) is 0 Å². The van der Waals surface area contributed by atoms with Gasteiger partial charge in [-0.05, 0) is 49.7 Å². The Morgan fingerprint density at radius 2 is 1.67 bits per heavy atom. The number of carbonyl (C=O) groups is 1. The van der Waals surface area contributed by atoms with Crippen LogP contribution in [0.3, 0.4) is 0 Å². The van der Waals surface area contributed by atoms with Gasteiger partial charge in [-0.1, -0.05) is 17.7 Å². The van der Waals surface area contributed by atoms with Crippen molar-refractivity contribution in [2.75, 3.05) is 37.5 Å². The summed E-state index contributed by atoms with van der Waals surface area (Å²) in [4.78, 5) is 11.9. The molecule has 0 radical (unpaired) electrons. The van der Waals surface area contributed by atoms with E-state index < -0.39 is 0 Å². The molecule has 0 aliphatic heterocycles. The number of benzene rings is 2. The highest BCUT2D eigenvalue weighted by Gasteiger charge is 2.04. The van der Waals surface area contributed by atoms with Crippen molar-refractivity contribution in [3.8, 4) is 5.75 Å². The number of ether oxygens (including phenoxy) is 2. The highest BCUT2D eigenvalue weighted by Crippen LogP contribution is 2.14. The molecule has 5 heteroatoms. The van der Waals surface area contributed by atoms with Crippen LogP contribution < -0.4 is 15.4 Å². The third-order valence-electron chi connectivity index (χ3n) is 3.41. The van der Waals surface area contributed by atoms with Crippen molar-refractivity contribution >= 4 is 17.3 Å². The number of aryl methyl sites for hydroxylation is 1. The number of rotatable bonds is 9. The molecular formula is C19H24N2O3. The Morgan fingerprint density at radius 1 is 1.00 bits per heavy atom. The maximum absolute atomic E-state index is 11.9. The Labute approximate surface area is 143 Å². The first-order valence-corrected chi connectivity index (χ1v) is 7.99. The van der Waals surface area contributed by atoms with Gasteiger partial charge in [-0.25, -0.2) is 0 Å². The number of nitrogens with one attached hydrogen (secondary N) is 2. The maximum Gasteiger partial charge on any atom is 0.262 e. The van der Waals surface area contributed by atoms with Crippen molar-refractivity contribution in [3.05, 3.63) is 54.1 Å². The average Bonchev–Trinajstić information content (AvgIpc) is 2.60. The van der Waals surface area contributed by atoms with E-state index in [0.29, 0.717) is 5.75 Å². The molecule has 0 fully saturated rings. The summed E-state index contributed by atoms with van der Waals surface area (Å²) in [5, 5.41) is 6.11. The minimum Gasteiger partial charge on any atom is -0.484 e. The van der Waals surface area contributed by atoms with Crippen LogP contribution in [0.5, 0.6) is 5.75 Å². The van der Waals surface area contributed by atoms with Gasteiger partial charge >= 0.3 is 0 Å². The monoisotopic (exact) mass is 328 g/mol. The lowest BCUT2D eigenvalue weighted by Crippen LogP contribution is -2.20. The van der Waals surface area contributed by atoms with Gasteiger partial charge in [0.15, 0.2) is 6.61 Å². The van der Waals surface area contributed by atoms with Crippen LogP contribution in [0.25, 0.3) is 0 Å². The van der Waals surface area contributed by atoms with Gasteiger partial charge < -0.3 is 20.1 Å². The summed E-state index contributed by atoms with van der Waals surface area (Å²) >= 11 is 0. The molecule has 0 unspecified atom stereocenters. The smallest absolute Gasteiger partial charge is 0.262 e. The minimum absolute atomic E-state index is 0.0138. The van der Waals surface area contributed by atoms with Gasteiger partial charge in [-0.3, -0.25) is 4.79 Å². The van der Waals surface area contributed by atoms with Gasteiger partial charge in [0, 0.05) is 31.6 Å². The summed E-state index contributed by atoms with van der Waals surface area (Å²) in [5.74, 6) is 0.503. The number of hydrogen-bond donors (Lipinski definition) is 2. The minimum atomic E-state index is -0.184. The lowest BCUT2D eigenvalue weighted by molar-refractivity contribution is -0.118. The quantitative estimate of drug-likeness (QED) is 0.692. The molecule has 0 atom stereocenters. The topological polar surface area (TPSA) is 59.6 Å². The molecule has 24 heavy (non-hydrogen) atoms. The van der Waals surface area contributed by atoms with Gasteiger partial charge in [-0.15, -0.1) is 0 Å². The molecular weight excluding hydrogens is 304 g/mol. The van der Waals surface area contributed by atoms with Gasteiger partial charge in [0.1, 0.15) is 5.75 Å². The second kappa shape index (κ2) is 9.57. The SMILES string of the molecule is COCCCNc1ccc(NC(=O)COc2ccc(C)cc2)cc1. The first kappa shape index (κ1) is 17.8. The van der Waals surface area contributed by atoms with Crippen LogP contribution in [-0.4, -0.2) is 32.8 Å². The van der Waals surface area contributed by atoms with Gasteiger partial charge in [0.05, 0.1) is 0 Å². The normalized spacial score (nSPS) is 10.2. The van der Waals surface area contributed by atoms with E-state index in [2.05, 4.69) is 10.6 Å². The van der Waals surface area contributed by atoms with Crippen molar-refractivity contribution in [1.82, 2.24) is 0 Å². The van der Waals surface area contributed by atoms with Gasteiger partial charge in [-0.2, -0.15) is 0 Å². The molecule has 0 saturated heterocycles. The van der Waals surface area contributed by atoms with Crippen molar-refractivity contribution in [3.63, 3.8) is 0 Å². The van der Waals surface area contributed by atoms with E-state index in [1.807, 2.05) is 55.5 Å². The Balaban J connectivity index is 1.74. The average molecular weight is 328 g/mol. The van der Waals surface area contributed by atoms with Crippen molar-refractivity contribution in [1.29, 1.82) is 0 Å². The summed E-state index contributed by atoms with van der Waals surface area (Å²) in [5.41, 5.74) is 2.91. The molecule has 0 aliphatic carbocycles. The third-order valence-corrected chi connectivity index (χ3v) is 3.41. The number of amides is 1. The predicted molar refractivity (Wildman–Crippen MR) is 96.7 cm³/mol. The zero-order valence-corrected chi connectivity index (χ0v) is 14.2. The number of carbonyl (C=O) groups excluding carboxylic acids is 1. The van der Waals surface area contributed by atoms with Crippen LogP contribution in [0.15, 0.2) is 48.5 Å². The summed E-state index contributed by atoms with van der Waals surface area (Å²) in [7, 11) is 1.69. The fourth-order valence-electron chi connectivity index (χ4n) is 2.10.